The number of benzene rings is 3. The molecule has 37 heavy (non-hydrogen) atoms. The van der Waals surface area contributed by atoms with Gasteiger partial charge in [0.15, 0.2) is 0 Å². The van der Waals surface area contributed by atoms with Crippen molar-refractivity contribution in [1.29, 1.82) is 0 Å². The van der Waals surface area contributed by atoms with Crippen molar-refractivity contribution in [3.8, 4) is 5.75 Å². The zero-order valence-electron chi connectivity index (χ0n) is 21.8. The average molecular weight is 503 g/mol. The van der Waals surface area contributed by atoms with E-state index >= 15 is 0 Å². The molecule has 1 fully saturated rings. The highest BCUT2D eigenvalue weighted by molar-refractivity contribution is 5.75. The lowest BCUT2D eigenvalue weighted by molar-refractivity contribution is -0.140. The molecule has 0 radical (unpaired) electrons. The standard InChI is InChI=1S/C33H36F2O2/c1-3-4-6-11-30-31(34)21-29(22-32(30)35)37-33(36)28-18-16-27(17-19-28)26-14-12-24(13-15-26)20-23(2)25-9-7-5-8-10-25/h3-5,7-10,12-15,21-23,27-28H,6,11,16-20H2,1-2H3/b4-3+/t23-,27?,28?/m1/s1. The smallest absolute Gasteiger partial charge is 0.314 e. The molecule has 0 bridgehead atoms. The summed E-state index contributed by atoms with van der Waals surface area (Å²) in [6.45, 7) is 4.12. The Balaban J connectivity index is 1.28. The first-order valence-electron chi connectivity index (χ1n) is 13.4. The first kappa shape index (κ1) is 26.8. The normalized spacial score (nSPS) is 18.6. The van der Waals surface area contributed by atoms with Gasteiger partial charge in [-0.2, -0.15) is 0 Å². The van der Waals surface area contributed by atoms with Crippen molar-refractivity contribution < 1.29 is 18.3 Å². The molecule has 1 aliphatic rings. The SMILES string of the molecule is C/C=C/CCc1c(F)cc(OC(=O)C2CCC(c3ccc(C[C@@H](C)c4ccccc4)cc3)CC2)cc1F. The minimum atomic E-state index is -0.669. The molecule has 3 aromatic rings. The molecule has 194 valence electrons. The van der Waals surface area contributed by atoms with E-state index in [4.69, 9.17) is 4.74 Å². The Hall–Kier alpha value is -3.27. The molecule has 3 aromatic carbocycles. The summed E-state index contributed by atoms with van der Waals surface area (Å²) in [7, 11) is 0. The summed E-state index contributed by atoms with van der Waals surface area (Å²) in [4.78, 5) is 12.7. The van der Waals surface area contributed by atoms with Gasteiger partial charge in [0, 0.05) is 17.7 Å². The summed E-state index contributed by atoms with van der Waals surface area (Å²) in [5.41, 5.74) is 4.01. The molecular weight excluding hydrogens is 466 g/mol. The molecule has 0 aromatic heterocycles. The van der Waals surface area contributed by atoms with Gasteiger partial charge in [-0.3, -0.25) is 4.79 Å². The molecule has 0 unspecified atom stereocenters. The Morgan fingerprint density at radius 3 is 2.24 bits per heavy atom. The number of halogens is 2. The van der Waals surface area contributed by atoms with Crippen LogP contribution in [0, 0.1) is 17.6 Å². The maximum atomic E-state index is 14.4. The van der Waals surface area contributed by atoms with Gasteiger partial charge in [-0.25, -0.2) is 8.78 Å². The lowest BCUT2D eigenvalue weighted by Crippen LogP contribution is -2.25. The van der Waals surface area contributed by atoms with Gasteiger partial charge >= 0.3 is 5.97 Å². The van der Waals surface area contributed by atoms with Gasteiger partial charge in [0.25, 0.3) is 0 Å². The minimum absolute atomic E-state index is 0.0268. The molecule has 2 nitrogen and oxygen atoms in total. The van der Waals surface area contributed by atoms with Crippen molar-refractivity contribution in [3.63, 3.8) is 0 Å². The van der Waals surface area contributed by atoms with Crippen molar-refractivity contribution in [2.45, 2.75) is 70.6 Å². The van der Waals surface area contributed by atoms with Crippen LogP contribution in [-0.4, -0.2) is 5.97 Å². The fourth-order valence-corrected chi connectivity index (χ4v) is 5.31. The second-order valence-corrected chi connectivity index (χ2v) is 10.2. The zero-order valence-corrected chi connectivity index (χ0v) is 21.8. The highest BCUT2D eigenvalue weighted by Crippen LogP contribution is 2.37. The molecule has 0 heterocycles. The molecule has 1 atom stereocenters. The van der Waals surface area contributed by atoms with Crippen LogP contribution in [0.4, 0.5) is 8.78 Å². The largest absolute Gasteiger partial charge is 0.426 e. The van der Waals surface area contributed by atoms with Crippen LogP contribution in [0.1, 0.15) is 80.0 Å². The van der Waals surface area contributed by atoms with E-state index in [1.54, 1.807) is 0 Å². The van der Waals surface area contributed by atoms with E-state index in [-0.39, 0.29) is 23.7 Å². The van der Waals surface area contributed by atoms with E-state index in [1.165, 1.54) is 16.7 Å². The second-order valence-electron chi connectivity index (χ2n) is 10.2. The predicted molar refractivity (Wildman–Crippen MR) is 145 cm³/mol. The zero-order chi connectivity index (χ0) is 26.2. The van der Waals surface area contributed by atoms with Crippen molar-refractivity contribution in [3.05, 3.63) is 113 Å². The molecule has 0 saturated heterocycles. The monoisotopic (exact) mass is 502 g/mol. The van der Waals surface area contributed by atoms with Crippen molar-refractivity contribution in [2.75, 3.05) is 0 Å². The fraction of sp³-hybridized carbons (Fsp3) is 0.364. The van der Waals surface area contributed by atoms with E-state index in [1.807, 2.05) is 25.1 Å². The molecule has 4 rings (SSSR count). The van der Waals surface area contributed by atoms with Crippen LogP contribution in [0.25, 0.3) is 0 Å². The number of allylic oxidation sites excluding steroid dienone is 2. The summed E-state index contributed by atoms with van der Waals surface area (Å²) < 4.78 is 34.2. The Kier molecular flexibility index (Phi) is 9.27. The number of hydrogen-bond donors (Lipinski definition) is 0. The highest BCUT2D eigenvalue weighted by Gasteiger charge is 2.29. The number of esters is 1. The van der Waals surface area contributed by atoms with Crippen LogP contribution in [0.3, 0.4) is 0 Å². The Morgan fingerprint density at radius 2 is 1.62 bits per heavy atom. The van der Waals surface area contributed by atoms with Crippen LogP contribution in [0.5, 0.6) is 5.75 Å². The minimum Gasteiger partial charge on any atom is -0.426 e. The summed E-state index contributed by atoms with van der Waals surface area (Å²) in [6, 6.07) is 21.7. The van der Waals surface area contributed by atoms with Gasteiger partial charge in [0.1, 0.15) is 17.4 Å². The van der Waals surface area contributed by atoms with Crippen molar-refractivity contribution in [1.82, 2.24) is 0 Å². The molecule has 0 spiro atoms. The quantitative estimate of drug-likeness (QED) is 0.166. The van der Waals surface area contributed by atoms with Gasteiger partial charge in [-0.1, -0.05) is 73.7 Å². The third-order valence-electron chi connectivity index (χ3n) is 7.55. The van der Waals surface area contributed by atoms with Gasteiger partial charge in [0.2, 0.25) is 0 Å². The fourth-order valence-electron chi connectivity index (χ4n) is 5.31. The summed E-state index contributed by atoms with van der Waals surface area (Å²) >= 11 is 0. The highest BCUT2D eigenvalue weighted by atomic mass is 19.1. The number of rotatable bonds is 9. The molecular formula is C33H36F2O2. The first-order chi connectivity index (χ1) is 17.9. The number of ether oxygens (including phenoxy) is 1. The maximum absolute atomic E-state index is 14.4. The lowest BCUT2D eigenvalue weighted by Gasteiger charge is -2.27. The number of carbonyl (C=O) groups excluding carboxylic acids is 1. The average Bonchev–Trinajstić information content (AvgIpc) is 2.91. The van der Waals surface area contributed by atoms with Gasteiger partial charge in [-0.05, 0) is 80.4 Å². The third kappa shape index (κ3) is 7.15. The Bertz CT molecular complexity index is 1170. The molecule has 1 saturated carbocycles. The summed E-state index contributed by atoms with van der Waals surface area (Å²) in [5.74, 6) is -1.17. The molecule has 4 heteroatoms. The lowest BCUT2D eigenvalue weighted by atomic mass is 9.78. The number of carbonyl (C=O) groups is 1. The molecule has 0 N–H and O–H groups in total. The van der Waals surface area contributed by atoms with E-state index < -0.39 is 17.6 Å². The summed E-state index contributed by atoms with van der Waals surface area (Å²) in [6.07, 6.45) is 8.76. The maximum Gasteiger partial charge on any atom is 0.314 e. The van der Waals surface area contributed by atoms with Crippen molar-refractivity contribution in [2.24, 2.45) is 5.92 Å². The Morgan fingerprint density at radius 1 is 0.973 bits per heavy atom. The van der Waals surface area contributed by atoms with E-state index in [0.717, 1.165) is 31.4 Å². The van der Waals surface area contributed by atoms with Crippen LogP contribution in [0.2, 0.25) is 0 Å². The topological polar surface area (TPSA) is 26.3 Å². The number of hydrogen-bond acceptors (Lipinski definition) is 2. The van der Waals surface area contributed by atoms with Crippen LogP contribution >= 0.6 is 0 Å². The Labute approximate surface area is 219 Å². The second kappa shape index (κ2) is 12.8. The summed E-state index contributed by atoms with van der Waals surface area (Å²) in [5, 5.41) is 0. The van der Waals surface area contributed by atoms with Gasteiger partial charge in [-0.15, -0.1) is 0 Å². The third-order valence-corrected chi connectivity index (χ3v) is 7.55. The van der Waals surface area contributed by atoms with Gasteiger partial charge < -0.3 is 4.74 Å². The van der Waals surface area contributed by atoms with Crippen LogP contribution < -0.4 is 4.74 Å². The van der Waals surface area contributed by atoms with E-state index in [2.05, 4.69) is 55.5 Å². The first-order valence-corrected chi connectivity index (χ1v) is 13.4. The molecule has 1 aliphatic carbocycles. The van der Waals surface area contributed by atoms with Crippen molar-refractivity contribution >= 4 is 5.97 Å². The van der Waals surface area contributed by atoms with Gasteiger partial charge in [0.05, 0.1) is 5.92 Å². The van der Waals surface area contributed by atoms with E-state index in [0.29, 0.717) is 31.1 Å². The van der Waals surface area contributed by atoms with E-state index in [9.17, 15) is 13.6 Å². The van der Waals surface area contributed by atoms with Crippen LogP contribution in [-0.2, 0) is 17.6 Å². The molecule has 0 aliphatic heterocycles. The predicted octanol–water partition coefficient (Wildman–Crippen LogP) is 8.70. The molecule has 0 amide bonds. The van der Waals surface area contributed by atoms with Crippen LogP contribution in [0.15, 0.2) is 78.9 Å².